The van der Waals surface area contributed by atoms with Gasteiger partial charge in [-0.15, -0.1) is 0 Å². The van der Waals surface area contributed by atoms with Gasteiger partial charge < -0.3 is 19.2 Å². The average Bonchev–Trinajstić information content (AvgIpc) is 2.97. The first-order chi connectivity index (χ1) is 10.2. The van der Waals surface area contributed by atoms with Gasteiger partial charge in [-0.25, -0.2) is 4.98 Å². The second kappa shape index (κ2) is 5.36. The number of methoxy groups -OCH3 is 2. The lowest BCUT2D eigenvalue weighted by molar-refractivity contribution is 0.394. The van der Waals surface area contributed by atoms with Crippen LogP contribution in [0.2, 0.25) is 0 Å². The summed E-state index contributed by atoms with van der Waals surface area (Å²) in [4.78, 5) is 4.65. The summed E-state index contributed by atoms with van der Waals surface area (Å²) in [6.45, 7) is 0. The van der Waals surface area contributed by atoms with E-state index in [1.54, 1.807) is 14.2 Å². The molecule has 0 spiro atoms. The number of benzene rings is 1. The SMILES string of the molecule is CNc1ccn2cc(-c3cc(OC)cc(OC)c3)nc2c1. The molecule has 0 aliphatic rings. The summed E-state index contributed by atoms with van der Waals surface area (Å²) in [7, 11) is 5.17. The van der Waals surface area contributed by atoms with E-state index in [-0.39, 0.29) is 0 Å². The minimum Gasteiger partial charge on any atom is -0.497 e. The molecular formula is C16H17N3O2. The molecule has 0 unspecified atom stereocenters. The summed E-state index contributed by atoms with van der Waals surface area (Å²) >= 11 is 0. The third-order valence-corrected chi connectivity index (χ3v) is 3.40. The van der Waals surface area contributed by atoms with Gasteiger partial charge in [0.25, 0.3) is 0 Å². The predicted octanol–water partition coefficient (Wildman–Crippen LogP) is 3.06. The first-order valence-electron chi connectivity index (χ1n) is 6.63. The number of anilines is 1. The van der Waals surface area contributed by atoms with Crippen molar-refractivity contribution in [1.29, 1.82) is 0 Å². The number of hydrogen-bond acceptors (Lipinski definition) is 4. The zero-order valence-corrected chi connectivity index (χ0v) is 12.3. The number of aromatic nitrogens is 2. The minimum absolute atomic E-state index is 0.748. The van der Waals surface area contributed by atoms with Crippen LogP contribution in [0.5, 0.6) is 11.5 Å². The molecule has 0 fully saturated rings. The first-order valence-corrected chi connectivity index (χ1v) is 6.63. The molecule has 0 bridgehead atoms. The van der Waals surface area contributed by atoms with Crippen LogP contribution in [0.15, 0.2) is 42.7 Å². The van der Waals surface area contributed by atoms with Gasteiger partial charge in [-0.3, -0.25) is 0 Å². The maximum Gasteiger partial charge on any atom is 0.139 e. The molecule has 108 valence electrons. The summed E-state index contributed by atoms with van der Waals surface area (Å²) in [6.07, 6.45) is 3.97. The monoisotopic (exact) mass is 283 g/mol. The fourth-order valence-corrected chi connectivity index (χ4v) is 2.23. The molecule has 3 aromatic rings. The predicted molar refractivity (Wildman–Crippen MR) is 83.3 cm³/mol. The molecule has 2 heterocycles. The highest BCUT2D eigenvalue weighted by Crippen LogP contribution is 2.29. The van der Waals surface area contributed by atoms with Crippen LogP contribution in [0.25, 0.3) is 16.9 Å². The smallest absolute Gasteiger partial charge is 0.139 e. The molecule has 0 saturated carbocycles. The summed E-state index contributed by atoms with van der Waals surface area (Å²) in [6, 6.07) is 9.75. The number of nitrogens with one attached hydrogen (secondary N) is 1. The third kappa shape index (κ3) is 2.50. The van der Waals surface area contributed by atoms with Crippen molar-refractivity contribution in [3.05, 3.63) is 42.7 Å². The Labute approximate surface area is 123 Å². The summed E-state index contributed by atoms with van der Waals surface area (Å²) in [5.74, 6) is 1.50. The van der Waals surface area contributed by atoms with Gasteiger partial charge in [0.15, 0.2) is 0 Å². The van der Waals surface area contributed by atoms with Gasteiger partial charge >= 0.3 is 0 Å². The third-order valence-electron chi connectivity index (χ3n) is 3.40. The lowest BCUT2D eigenvalue weighted by atomic mass is 10.1. The van der Waals surface area contributed by atoms with Crippen molar-refractivity contribution in [2.75, 3.05) is 26.6 Å². The Hall–Kier alpha value is -2.69. The van der Waals surface area contributed by atoms with Crippen molar-refractivity contribution in [3.8, 4) is 22.8 Å². The van der Waals surface area contributed by atoms with Gasteiger partial charge in [0.05, 0.1) is 19.9 Å². The molecule has 3 rings (SSSR count). The molecular weight excluding hydrogens is 266 g/mol. The Morgan fingerprint density at radius 1 is 1.05 bits per heavy atom. The van der Waals surface area contributed by atoms with Crippen LogP contribution in [0, 0.1) is 0 Å². The van der Waals surface area contributed by atoms with Crippen LogP contribution in [0.4, 0.5) is 5.69 Å². The zero-order chi connectivity index (χ0) is 14.8. The molecule has 0 aliphatic carbocycles. The number of hydrogen-bond donors (Lipinski definition) is 1. The number of rotatable bonds is 4. The van der Waals surface area contributed by atoms with Crippen LogP contribution in [0.1, 0.15) is 0 Å². The molecule has 0 radical (unpaired) electrons. The largest absolute Gasteiger partial charge is 0.497 e. The van der Waals surface area contributed by atoms with Crippen LogP contribution in [0.3, 0.4) is 0 Å². The minimum atomic E-state index is 0.748. The van der Waals surface area contributed by atoms with Gasteiger partial charge in [-0.05, 0) is 18.2 Å². The van der Waals surface area contributed by atoms with Crippen molar-refractivity contribution in [3.63, 3.8) is 0 Å². The molecule has 2 aromatic heterocycles. The fourth-order valence-electron chi connectivity index (χ4n) is 2.23. The number of imidazole rings is 1. The number of pyridine rings is 1. The molecule has 1 N–H and O–H groups in total. The molecule has 5 nitrogen and oxygen atoms in total. The van der Waals surface area contributed by atoms with E-state index in [0.717, 1.165) is 34.1 Å². The van der Waals surface area contributed by atoms with Crippen LogP contribution in [-0.4, -0.2) is 30.7 Å². The van der Waals surface area contributed by atoms with Crippen LogP contribution < -0.4 is 14.8 Å². The normalized spacial score (nSPS) is 10.6. The molecule has 1 aromatic carbocycles. The van der Waals surface area contributed by atoms with E-state index in [4.69, 9.17) is 9.47 Å². The van der Waals surface area contributed by atoms with Gasteiger partial charge in [-0.2, -0.15) is 0 Å². The van der Waals surface area contributed by atoms with E-state index < -0.39 is 0 Å². The van der Waals surface area contributed by atoms with E-state index in [1.165, 1.54) is 0 Å². The summed E-state index contributed by atoms with van der Waals surface area (Å²) in [5.41, 5.74) is 3.75. The van der Waals surface area contributed by atoms with E-state index in [1.807, 2.05) is 54.2 Å². The molecule has 5 heteroatoms. The van der Waals surface area contributed by atoms with Crippen molar-refractivity contribution < 1.29 is 9.47 Å². The van der Waals surface area contributed by atoms with Crippen LogP contribution >= 0.6 is 0 Å². The quantitative estimate of drug-likeness (QED) is 0.799. The van der Waals surface area contributed by atoms with Gasteiger partial charge in [0, 0.05) is 42.8 Å². The molecule has 0 atom stereocenters. The summed E-state index contributed by atoms with van der Waals surface area (Å²) < 4.78 is 12.6. The number of nitrogens with zero attached hydrogens (tertiary/aromatic N) is 2. The second-order valence-corrected chi connectivity index (χ2v) is 4.66. The Bertz CT molecular complexity index is 758. The lowest BCUT2D eigenvalue weighted by Crippen LogP contribution is -1.89. The topological polar surface area (TPSA) is 47.8 Å². The first kappa shape index (κ1) is 13.3. The Kier molecular flexibility index (Phi) is 3.39. The number of ether oxygens (including phenoxy) is 2. The van der Waals surface area contributed by atoms with E-state index >= 15 is 0 Å². The van der Waals surface area contributed by atoms with Gasteiger partial charge in [0.1, 0.15) is 17.1 Å². The Balaban J connectivity index is 2.11. The van der Waals surface area contributed by atoms with Crippen molar-refractivity contribution in [1.82, 2.24) is 9.38 Å². The standard InChI is InChI=1S/C16H17N3O2/c1-17-12-4-5-19-10-15(18-16(19)8-12)11-6-13(20-2)9-14(7-11)21-3/h4-10,17H,1-3H3. The summed E-state index contributed by atoms with van der Waals surface area (Å²) in [5, 5.41) is 3.11. The van der Waals surface area contributed by atoms with E-state index in [2.05, 4.69) is 10.3 Å². The maximum atomic E-state index is 5.30. The van der Waals surface area contributed by atoms with E-state index in [0.29, 0.717) is 0 Å². The maximum absolute atomic E-state index is 5.30. The molecule has 0 saturated heterocycles. The zero-order valence-electron chi connectivity index (χ0n) is 12.3. The highest BCUT2D eigenvalue weighted by atomic mass is 16.5. The van der Waals surface area contributed by atoms with Crippen LogP contribution in [-0.2, 0) is 0 Å². The Morgan fingerprint density at radius 2 is 1.76 bits per heavy atom. The van der Waals surface area contributed by atoms with Gasteiger partial charge in [-0.1, -0.05) is 0 Å². The van der Waals surface area contributed by atoms with Crippen molar-refractivity contribution in [2.45, 2.75) is 0 Å². The van der Waals surface area contributed by atoms with Gasteiger partial charge in [0.2, 0.25) is 0 Å². The lowest BCUT2D eigenvalue weighted by Gasteiger charge is -2.06. The van der Waals surface area contributed by atoms with Crippen molar-refractivity contribution >= 4 is 11.3 Å². The van der Waals surface area contributed by atoms with Crippen molar-refractivity contribution in [2.24, 2.45) is 0 Å². The average molecular weight is 283 g/mol. The number of fused-ring (bicyclic) bond motifs is 1. The molecule has 21 heavy (non-hydrogen) atoms. The Morgan fingerprint density at radius 3 is 2.38 bits per heavy atom. The highest BCUT2D eigenvalue weighted by molar-refractivity contribution is 5.67. The molecule has 0 aliphatic heterocycles. The molecule has 0 amide bonds. The fraction of sp³-hybridized carbons (Fsp3) is 0.188. The second-order valence-electron chi connectivity index (χ2n) is 4.66. The van der Waals surface area contributed by atoms with E-state index in [9.17, 15) is 0 Å². The highest BCUT2D eigenvalue weighted by Gasteiger charge is 2.08.